The number of likely N-dealkylation sites (tertiary alicyclic amines) is 1. The lowest BCUT2D eigenvalue weighted by atomic mass is 10.1. The maximum atomic E-state index is 12.2. The predicted molar refractivity (Wildman–Crippen MR) is 79.9 cm³/mol. The van der Waals surface area contributed by atoms with Gasteiger partial charge in [0.25, 0.3) is 0 Å². The van der Waals surface area contributed by atoms with Crippen LogP contribution in [0.25, 0.3) is 5.69 Å². The number of amides is 2. The summed E-state index contributed by atoms with van der Waals surface area (Å²) in [6.45, 7) is 0.669. The molecular weight excluding hydrogens is 284 g/mol. The molecule has 2 amide bonds. The summed E-state index contributed by atoms with van der Waals surface area (Å²) < 4.78 is 1.77. The molecule has 22 heavy (non-hydrogen) atoms. The summed E-state index contributed by atoms with van der Waals surface area (Å²) in [5.41, 5.74) is 0.889. The second-order valence-corrected chi connectivity index (χ2v) is 5.16. The summed E-state index contributed by atoms with van der Waals surface area (Å²) in [5, 5.41) is 11.7. The molecule has 1 aliphatic rings. The summed E-state index contributed by atoms with van der Waals surface area (Å²) >= 11 is 0. The number of hydrogen-bond donors (Lipinski definition) is 2. The highest BCUT2D eigenvalue weighted by Gasteiger charge is 2.31. The third-order valence-electron chi connectivity index (χ3n) is 3.72. The zero-order chi connectivity index (χ0) is 15.5. The topological polar surface area (TPSA) is 87.5 Å². The molecular formula is C15H16N4O3. The van der Waals surface area contributed by atoms with Gasteiger partial charge in [-0.25, -0.2) is 9.78 Å². The zero-order valence-electron chi connectivity index (χ0n) is 11.8. The van der Waals surface area contributed by atoms with E-state index in [-0.39, 0.29) is 12.6 Å². The van der Waals surface area contributed by atoms with Gasteiger partial charge in [0, 0.05) is 31.2 Å². The number of benzene rings is 1. The predicted octanol–water partition coefficient (Wildman–Crippen LogP) is 1.81. The number of aliphatic carboxylic acids is 1. The van der Waals surface area contributed by atoms with E-state index in [4.69, 9.17) is 5.11 Å². The fraction of sp³-hybridized carbons (Fsp3) is 0.267. The second-order valence-electron chi connectivity index (χ2n) is 5.16. The first-order chi connectivity index (χ1) is 10.6. The molecule has 1 saturated heterocycles. The second kappa shape index (κ2) is 5.88. The van der Waals surface area contributed by atoms with E-state index in [9.17, 15) is 9.59 Å². The molecule has 1 aromatic heterocycles. The van der Waals surface area contributed by atoms with Gasteiger partial charge in [0.05, 0.1) is 5.92 Å². The van der Waals surface area contributed by atoms with Crippen molar-refractivity contribution in [2.45, 2.75) is 6.42 Å². The molecule has 0 bridgehead atoms. The van der Waals surface area contributed by atoms with E-state index in [2.05, 4.69) is 10.3 Å². The van der Waals surface area contributed by atoms with E-state index in [0.29, 0.717) is 18.9 Å². The number of rotatable bonds is 3. The van der Waals surface area contributed by atoms with Crippen molar-refractivity contribution < 1.29 is 14.7 Å². The Morgan fingerprint density at radius 1 is 1.27 bits per heavy atom. The van der Waals surface area contributed by atoms with E-state index >= 15 is 0 Å². The lowest BCUT2D eigenvalue weighted by Crippen LogP contribution is -2.34. The van der Waals surface area contributed by atoms with Gasteiger partial charge in [-0.2, -0.15) is 0 Å². The Kier molecular flexibility index (Phi) is 3.78. The van der Waals surface area contributed by atoms with E-state index in [1.54, 1.807) is 17.0 Å². The maximum Gasteiger partial charge on any atom is 0.324 e. The average Bonchev–Trinajstić information content (AvgIpc) is 3.17. The minimum absolute atomic E-state index is 0.229. The molecule has 3 rings (SSSR count). The minimum atomic E-state index is -0.860. The fourth-order valence-corrected chi connectivity index (χ4v) is 2.51. The normalized spacial score (nSPS) is 17.5. The van der Waals surface area contributed by atoms with E-state index in [0.717, 1.165) is 5.69 Å². The molecule has 0 radical (unpaired) electrons. The number of carboxylic acids is 1. The molecule has 1 aromatic carbocycles. The summed E-state index contributed by atoms with van der Waals surface area (Å²) in [6.07, 6.45) is 3.84. The van der Waals surface area contributed by atoms with Crippen LogP contribution in [0.1, 0.15) is 6.42 Å². The molecule has 7 heteroatoms. The highest BCUT2D eigenvalue weighted by atomic mass is 16.4. The summed E-state index contributed by atoms with van der Waals surface area (Å²) in [4.78, 5) is 28.8. The van der Waals surface area contributed by atoms with Gasteiger partial charge in [0.1, 0.15) is 0 Å². The number of nitrogens with zero attached hydrogens (tertiary/aromatic N) is 3. The number of carbonyl (C=O) groups excluding carboxylic acids is 1. The van der Waals surface area contributed by atoms with Crippen molar-refractivity contribution in [3.8, 4) is 5.69 Å². The maximum absolute atomic E-state index is 12.2. The number of imidazole rings is 1. The number of carboxylic acid groups (broad SMARTS) is 1. The largest absolute Gasteiger partial charge is 0.481 e. The average molecular weight is 300 g/mol. The Bertz CT molecular complexity index is 683. The Balaban J connectivity index is 1.71. The van der Waals surface area contributed by atoms with Crippen LogP contribution in [0.15, 0.2) is 42.7 Å². The summed E-state index contributed by atoms with van der Waals surface area (Å²) in [6, 6.07) is 9.21. The summed E-state index contributed by atoms with van der Waals surface area (Å²) in [5.74, 6) is -0.935. The lowest BCUT2D eigenvalue weighted by molar-refractivity contribution is -0.141. The smallest absolute Gasteiger partial charge is 0.324 e. The first-order valence-corrected chi connectivity index (χ1v) is 7.02. The van der Waals surface area contributed by atoms with Crippen LogP contribution in [-0.4, -0.2) is 44.6 Å². The highest BCUT2D eigenvalue weighted by Crippen LogP contribution is 2.19. The van der Waals surface area contributed by atoms with E-state index in [1.807, 2.05) is 30.3 Å². The van der Waals surface area contributed by atoms with Crippen molar-refractivity contribution in [2.75, 3.05) is 18.4 Å². The number of para-hydroxylation sites is 1. The highest BCUT2D eigenvalue weighted by molar-refractivity contribution is 5.88. The van der Waals surface area contributed by atoms with Crippen molar-refractivity contribution in [1.82, 2.24) is 14.5 Å². The van der Waals surface area contributed by atoms with Gasteiger partial charge in [0.2, 0.25) is 5.95 Å². The zero-order valence-corrected chi connectivity index (χ0v) is 11.8. The van der Waals surface area contributed by atoms with Crippen LogP contribution in [0, 0.1) is 5.92 Å². The number of carbonyl (C=O) groups is 2. The van der Waals surface area contributed by atoms with Crippen molar-refractivity contribution in [1.29, 1.82) is 0 Å². The number of nitrogens with one attached hydrogen (secondary N) is 1. The van der Waals surface area contributed by atoms with Crippen LogP contribution < -0.4 is 5.32 Å². The molecule has 1 fully saturated rings. The Hall–Kier alpha value is -2.83. The Labute approximate surface area is 127 Å². The van der Waals surface area contributed by atoms with Crippen molar-refractivity contribution in [3.05, 3.63) is 42.7 Å². The molecule has 0 aliphatic carbocycles. The minimum Gasteiger partial charge on any atom is -0.481 e. The molecule has 0 saturated carbocycles. The van der Waals surface area contributed by atoms with Crippen molar-refractivity contribution in [2.24, 2.45) is 5.92 Å². The molecule has 0 spiro atoms. The van der Waals surface area contributed by atoms with Crippen molar-refractivity contribution in [3.63, 3.8) is 0 Å². The number of urea groups is 1. The van der Waals surface area contributed by atoms with Crippen LogP contribution in [0.2, 0.25) is 0 Å². The monoisotopic (exact) mass is 300 g/mol. The van der Waals surface area contributed by atoms with E-state index < -0.39 is 11.9 Å². The van der Waals surface area contributed by atoms with Crippen molar-refractivity contribution >= 4 is 17.9 Å². The third-order valence-corrected chi connectivity index (χ3v) is 3.72. The quantitative estimate of drug-likeness (QED) is 0.905. The van der Waals surface area contributed by atoms with Crippen LogP contribution in [0.3, 0.4) is 0 Å². The van der Waals surface area contributed by atoms with Gasteiger partial charge in [-0.1, -0.05) is 18.2 Å². The van der Waals surface area contributed by atoms with Gasteiger partial charge in [-0.05, 0) is 18.6 Å². The molecule has 1 unspecified atom stereocenters. The lowest BCUT2D eigenvalue weighted by Gasteiger charge is -2.17. The van der Waals surface area contributed by atoms with Crippen LogP contribution in [0.5, 0.6) is 0 Å². The first-order valence-electron chi connectivity index (χ1n) is 7.02. The molecule has 2 heterocycles. The number of anilines is 1. The molecule has 7 nitrogen and oxygen atoms in total. The van der Waals surface area contributed by atoms with Crippen LogP contribution in [-0.2, 0) is 4.79 Å². The molecule has 2 aromatic rings. The SMILES string of the molecule is O=C(O)C1CCN(C(=O)Nc2nccn2-c2ccccc2)C1. The van der Waals surface area contributed by atoms with Crippen LogP contribution in [0.4, 0.5) is 10.7 Å². The first kappa shape index (κ1) is 14.1. The summed E-state index contributed by atoms with van der Waals surface area (Å²) in [7, 11) is 0. The van der Waals surface area contributed by atoms with Crippen LogP contribution >= 0.6 is 0 Å². The van der Waals surface area contributed by atoms with Gasteiger partial charge in [-0.15, -0.1) is 0 Å². The molecule has 114 valence electrons. The Morgan fingerprint density at radius 3 is 2.73 bits per heavy atom. The van der Waals surface area contributed by atoms with Gasteiger partial charge < -0.3 is 10.0 Å². The number of aromatic nitrogens is 2. The Morgan fingerprint density at radius 2 is 2.05 bits per heavy atom. The third kappa shape index (κ3) is 2.78. The van der Waals surface area contributed by atoms with E-state index in [1.165, 1.54) is 4.90 Å². The van der Waals surface area contributed by atoms with Gasteiger partial charge >= 0.3 is 12.0 Å². The standard InChI is InChI=1S/C15H16N4O3/c20-13(21)11-6-8-18(10-11)15(22)17-14-16-7-9-19(14)12-4-2-1-3-5-12/h1-5,7,9,11H,6,8,10H2,(H,20,21)(H,16,17,22). The molecule has 1 aliphatic heterocycles. The fourth-order valence-electron chi connectivity index (χ4n) is 2.51. The van der Waals surface area contributed by atoms with Gasteiger partial charge in [0.15, 0.2) is 0 Å². The van der Waals surface area contributed by atoms with Gasteiger partial charge in [-0.3, -0.25) is 14.7 Å². The molecule has 1 atom stereocenters. The molecule has 2 N–H and O–H groups in total. The number of hydrogen-bond acceptors (Lipinski definition) is 3.